The molecule has 1 heterocycles. The van der Waals surface area contributed by atoms with Crippen molar-refractivity contribution < 1.29 is 0 Å². The van der Waals surface area contributed by atoms with E-state index < -0.39 is 0 Å². The molecule has 0 aliphatic carbocycles. The Bertz CT molecular complexity index is 805. The van der Waals surface area contributed by atoms with E-state index >= 15 is 0 Å². The number of hydrogen-bond acceptors (Lipinski definition) is 3. The van der Waals surface area contributed by atoms with Crippen LogP contribution in [0.15, 0.2) is 47.5 Å². The highest BCUT2D eigenvalue weighted by atomic mass is 35.5. The fourth-order valence-corrected chi connectivity index (χ4v) is 2.63. The van der Waals surface area contributed by atoms with Crippen molar-refractivity contribution in [3.05, 3.63) is 64.2 Å². The number of benzodiazepines with no additional fused rings is 1. The Morgan fingerprint density at radius 3 is 2.76 bits per heavy atom. The first-order chi connectivity index (χ1) is 10.2. The summed E-state index contributed by atoms with van der Waals surface area (Å²) in [5.74, 6) is 0. The summed E-state index contributed by atoms with van der Waals surface area (Å²) in [6.45, 7) is 0.395. The van der Waals surface area contributed by atoms with Crippen molar-refractivity contribution in [3.63, 3.8) is 0 Å². The summed E-state index contributed by atoms with van der Waals surface area (Å²) in [4.78, 5) is 5.21. The molecular weight excluding hydrogens is 302 g/mol. The number of thiocarbonyl (C=S) groups is 1. The Morgan fingerprint density at radius 2 is 2.00 bits per heavy atom. The second kappa shape index (κ2) is 5.65. The van der Waals surface area contributed by atoms with Gasteiger partial charge in [-0.25, -0.2) is 0 Å². The van der Waals surface area contributed by atoms with Gasteiger partial charge >= 0.3 is 0 Å². The van der Waals surface area contributed by atoms with E-state index in [0.717, 1.165) is 22.5 Å². The molecule has 0 atom stereocenters. The van der Waals surface area contributed by atoms with Crippen molar-refractivity contribution in [1.29, 1.82) is 5.26 Å². The van der Waals surface area contributed by atoms with Crippen LogP contribution in [0.1, 0.15) is 16.7 Å². The van der Waals surface area contributed by atoms with Crippen molar-refractivity contribution in [2.45, 2.75) is 0 Å². The molecule has 5 heteroatoms. The van der Waals surface area contributed by atoms with E-state index in [-0.39, 0.29) is 0 Å². The fraction of sp³-hybridized carbons (Fsp3) is 0.0625. The lowest BCUT2D eigenvalue weighted by Gasteiger charge is -2.11. The van der Waals surface area contributed by atoms with Gasteiger partial charge in [-0.1, -0.05) is 42.0 Å². The van der Waals surface area contributed by atoms with Crippen LogP contribution in [-0.2, 0) is 0 Å². The Hall–Kier alpha value is -2.22. The summed E-state index contributed by atoms with van der Waals surface area (Å²) >= 11 is 11.5. The third-order valence-electron chi connectivity index (χ3n) is 3.19. The second-order valence-corrected chi connectivity index (χ2v) is 5.47. The summed E-state index contributed by atoms with van der Waals surface area (Å²) in [7, 11) is 0. The molecule has 1 aliphatic heterocycles. The van der Waals surface area contributed by atoms with Gasteiger partial charge in [0.25, 0.3) is 0 Å². The van der Waals surface area contributed by atoms with Crippen LogP contribution in [0, 0.1) is 11.3 Å². The van der Waals surface area contributed by atoms with E-state index in [1.807, 2.05) is 30.3 Å². The molecule has 0 bridgehead atoms. The molecule has 0 fully saturated rings. The lowest BCUT2D eigenvalue weighted by Crippen LogP contribution is -2.11. The van der Waals surface area contributed by atoms with Gasteiger partial charge in [-0.05, 0) is 24.3 Å². The molecule has 0 spiro atoms. The number of aliphatic imine (C=N–C) groups is 1. The number of halogens is 1. The van der Waals surface area contributed by atoms with Gasteiger partial charge in [0.05, 0.1) is 23.9 Å². The molecule has 2 aromatic rings. The topological polar surface area (TPSA) is 48.2 Å². The highest BCUT2D eigenvalue weighted by molar-refractivity contribution is 7.80. The molecule has 1 N–H and O–H groups in total. The Morgan fingerprint density at radius 1 is 1.19 bits per heavy atom. The predicted molar refractivity (Wildman–Crippen MR) is 89.3 cm³/mol. The molecule has 21 heavy (non-hydrogen) atoms. The van der Waals surface area contributed by atoms with Crippen LogP contribution in [0.25, 0.3) is 0 Å². The number of nitrogens with zero attached hydrogens (tertiary/aromatic N) is 2. The first kappa shape index (κ1) is 13.7. The minimum atomic E-state index is 0.395. The average molecular weight is 312 g/mol. The summed E-state index contributed by atoms with van der Waals surface area (Å²) in [6.07, 6.45) is 0. The third kappa shape index (κ3) is 2.66. The van der Waals surface area contributed by atoms with Crippen LogP contribution in [0.5, 0.6) is 0 Å². The molecule has 0 amide bonds. The average Bonchev–Trinajstić information content (AvgIpc) is 2.65. The normalized spacial score (nSPS) is 13.5. The molecular formula is C16H10ClN3S. The van der Waals surface area contributed by atoms with Gasteiger partial charge in [0.15, 0.2) is 0 Å². The molecule has 3 rings (SSSR count). The van der Waals surface area contributed by atoms with Crippen LogP contribution < -0.4 is 5.32 Å². The number of rotatable bonds is 1. The lowest BCUT2D eigenvalue weighted by atomic mass is 9.99. The van der Waals surface area contributed by atoms with Crippen LogP contribution >= 0.6 is 23.8 Å². The van der Waals surface area contributed by atoms with Crippen molar-refractivity contribution in [2.24, 2.45) is 4.99 Å². The van der Waals surface area contributed by atoms with Crippen molar-refractivity contribution in [1.82, 2.24) is 0 Å². The van der Waals surface area contributed by atoms with Crippen molar-refractivity contribution in [3.8, 4) is 6.07 Å². The number of fused-ring (bicyclic) bond motifs is 1. The van der Waals surface area contributed by atoms with Crippen molar-refractivity contribution >= 4 is 40.2 Å². The van der Waals surface area contributed by atoms with Crippen LogP contribution in [0.4, 0.5) is 5.69 Å². The number of nitrogens with one attached hydrogen (secondary N) is 1. The number of hydrogen-bond donors (Lipinski definition) is 1. The highest BCUT2D eigenvalue weighted by Crippen LogP contribution is 2.27. The first-order valence-corrected chi connectivity index (χ1v) is 7.11. The van der Waals surface area contributed by atoms with Crippen LogP contribution in [-0.4, -0.2) is 17.2 Å². The Labute approximate surface area is 132 Å². The zero-order chi connectivity index (χ0) is 14.8. The zero-order valence-electron chi connectivity index (χ0n) is 10.9. The molecule has 0 unspecified atom stereocenters. The first-order valence-electron chi connectivity index (χ1n) is 6.33. The van der Waals surface area contributed by atoms with E-state index in [1.54, 1.807) is 12.1 Å². The fourth-order valence-electron chi connectivity index (χ4n) is 2.23. The maximum absolute atomic E-state index is 9.11. The van der Waals surface area contributed by atoms with Gasteiger partial charge in [0.1, 0.15) is 4.99 Å². The molecule has 0 aromatic heterocycles. The van der Waals surface area contributed by atoms with E-state index in [4.69, 9.17) is 29.1 Å². The van der Waals surface area contributed by atoms with E-state index in [9.17, 15) is 0 Å². The molecule has 0 radical (unpaired) electrons. The minimum Gasteiger partial charge on any atom is -0.348 e. The molecule has 3 nitrogen and oxygen atoms in total. The number of anilines is 1. The lowest BCUT2D eigenvalue weighted by molar-refractivity contribution is 1.31. The third-order valence-corrected chi connectivity index (χ3v) is 3.75. The molecule has 0 saturated carbocycles. The molecule has 2 aromatic carbocycles. The van der Waals surface area contributed by atoms with E-state index in [1.165, 1.54) is 0 Å². The number of nitriles is 1. The standard InChI is InChI=1S/C16H10ClN3S/c17-13-4-2-1-3-11(13)16-12-7-10(8-18)5-6-14(12)20-15(21)9-19-16/h1-7H,9H2,(H,20,21). The van der Waals surface area contributed by atoms with Gasteiger partial charge in [0, 0.05) is 21.8 Å². The quantitative estimate of drug-likeness (QED) is 0.815. The van der Waals surface area contributed by atoms with Crippen molar-refractivity contribution in [2.75, 3.05) is 11.9 Å². The summed E-state index contributed by atoms with van der Waals surface area (Å²) in [6, 6.07) is 15.1. The van der Waals surface area contributed by atoms with Crippen LogP contribution in [0.2, 0.25) is 5.02 Å². The van der Waals surface area contributed by atoms with Gasteiger partial charge in [-0.2, -0.15) is 5.26 Å². The monoisotopic (exact) mass is 311 g/mol. The smallest absolute Gasteiger partial charge is 0.102 e. The van der Waals surface area contributed by atoms with E-state index in [2.05, 4.69) is 16.4 Å². The largest absolute Gasteiger partial charge is 0.348 e. The second-order valence-electron chi connectivity index (χ2n) is 4.57. The SMILES string of the molecule is N#Cc1ccc2c(c1)C(c1ccccc1Cl)=NCC(=S)N2. The summed E-state index contributed by atoms with van der Waals surface area (Å²) < 4.78 is 0. The van der Waals surface area contributed by atoms with Crippen LogP contribution in [0.3, 0.4) is 0 Å². The van der Waals surface area contributed by atoms with Gasteiger partial charge in [0.2, 0.25) is 0 Å². The minimum absolute atomic E-state index is 0.395. The molecule has 0 saturated heterocycles. The summed E-state index contributed by atoms with van der Waals surface area (Å²) in [5, 5.41) is 12.9. The Kier molecular flexibility index (Phi) is 3.70. The van der Waals surface area contributed by atoms with Gasteiger partial charge in [-0.3, -0.25) is 4.99 Å². The maximum Gasteiger partial charge on any atom is 0.102 e. The van der Waals surface area contributed by atoms with Gasteiger partial charge in [-0.15, -0.1) is 0 Å². The highest BCUT2D eigenvalue weighted by Gasteiger charge is 2.18. The Balaban J connectivity index is 2.24. The molecule has 1 aliphatic rings. The van der Waals surface area contributed by atoms with Gasteiger partial charge < -0.3 is 5.32 Å². The summed E-state index contributed by atoms with van der Waals surface area (Å²) in [5.41, 5.74) is 3.84. The zero-order valence-corrected chi connectivity index (χ0v) is 12.5. The van der Waals surface area contributed by atoms with E-state index in [0.29, 0.717) is 22.1 Å². The number of benzene rings is 2. The predicted octanol–water partition coefficient (Wildman–Crippen LogP) is 3.80. The maximum atomic E-state index is 9.11. The molecule has 102 valence electrons.